The maximum absolute atomic E-state index is 13.1. The van der Waals surface area contributed by atoms with Crippen LogP contribution in [-0.2, 0) is 4.79 Å². The van der Waals surface area contributed by atoms with Crippen molar-refractivity contribution in [3.8, 4) is 0 Å². The van der Waals surface area contributed by atoms with Gasteiger partial charge in [0.25, 0.3) is 0 Å². The van der Waals surface area contributed by atoms with Crippen LogP contribution >= 0.6 is 35.7 Å². The Bertz CT molecular complexity index is 708. The third-order valence-electron chi connectivity index (χ3n) is 5.76. The first kappa shape index (κ1) is 26.2. The number of aliphatic hydroxyl groups excluding tert-OH is 1. The lowest BCUT2D eigenvalue weighted by Crippen LogP contribution is -2.47. The lowest BCUT2D eigenvalue weighted by Gasteiger charge is -2.34. The molecule has 1 aliphatic heterocycles. The monoisotopic (exact) mass is 564 g/mol. The Morgan fingerprint density at radius 1 is 1.23 bits per heavy atom. The van der Waals surface area contributed by atoms with Gasteiger partial charge in [0.05, 0.1) is 12.6 Å². The van der Waals surface area contributed by atoms with Gasteiger partial charge in [0.2, 0.25) is 5.91 Å². The van der Waals surface area contributed by atoms with Crippen molar-refractivity contribution >= 4 is 47.6 Å². The van der Waals surface area contributed by atoms with Crippen molar-refractivity contribution in [1.82, 2.24) is 15.5 Å². The summed E-state index contributed by atoms with van der Waals surface area (Å²) in [5, 5.41) is 17.0. The Morgan fingerprint density at radius 3 is 2.48 bits per heavy atom. The molecule has 31 heavy (non-hydrogen) atoms. The second kappa shape index (κ2) is 13.5. The molecule has 1 aromatic rings. The predicted octanol–water partition coefficient (Wildman–Crippen LogP) is 3.17. The Hall–Kier alpha value is -1.07. The number of amides is 1. The minimum absolute atomic E-state index is 0. The summed E-state index contributed by atoms with van der Waals surface area (Å²) in [6.45, 7) is 4.69. The van der Waals surface area contributed by atoms with Gasteiger partial charge in [-0.2, -0.15) is 11.8 Å². The number of hydrogen-bond donors (Lipinski definition) is 3. The molecule has 1 saturated carbocycles. The average molecular weight is 565 g/mol. The number of hydrogen-bond acceptors (Lipinski definition) is 4. The number of nitrogens with one attached hydrogen (secondary N) is 2. The van der Waals surface area contributed by atoms with Crippen molar-refractivity contribution in [2.24, 2.45) is 10.9 Å². The summed E-state index contributed by atoms with van der Waals surface area (Å²) in [5.74, 6) is 2.92. The van der Waals surface area contributed by atoms with E-state index in [0.29, 0.717) is 17.4 Å². The van der Waals surface area contributed by atoms with E-state index in [1.807, 2.05) is 23.6 Å². The molecule has 2 aliphatic rings. The van der Waals surface area contributed by atoms with Crippen molar-refractivity contribution in [2.75, 3.05) is 37.7 Å². The average Bonchev–Trinajstić information content (AvgIpc) is 2.78. The molecule has 0 spiro atoms. The van der Waals surface area contributed by atoms with E-state index >= 15 is 0 Å². The lowest BCUT2D eigenvalue weighted by atomic mass is 9.85. The second-order valence-electron chi connectivity index (χ2n) is 7.92. The smallest absolute Gasteiger partial charge is 0.225 e. The fraction of sp³-hybridized carbons (Fsp3) is 0.636. The summed E-state index contributed by atoms with van der Waals surface area (Å²) >= 11 is 1.92. The quantitative estimate of drug-likeness (QED) is 0.281. The Kier molecular flexibility index (Phi) is 11.4. The van der Waals surface area contributed by atoms with Crippen LogP contribution in [0.5, 0.6) is 0 Å². The van der Waals surface area contributed by atoms with Gasteiger partial charge in [0.15, 0.2) is 5.96 Å². The van der Waals surface area contributed by atoms with Gasteiger partial charge in [0.1, 0.15) is 5.82 Å². The highest BCUT2D eigenvalue weighted by Crippen LogP contribution is 2.27. The zero-order chi connectivity index (χ0) is 21.3. The Balaban J connectivity index is 0.00000341. The Morgan fingerprint density at radius 2 is 1.87 bits per heavy atom. The Labute approximate surface area is 205 Å². The molecular formula is C22H34FIN4O2S. The molecule has 1 unspecified atom stereocenters. The summed E-state index contributed by atoms with van der Waals surface area (Å²) in [6, 6.07) is 6.11. The van der Waals surface area contributed by atoms with E-state index in [1.54, 1.807) is 12.1 Å². The number of thioether (sulfide) groups is 1. The van der Waals surface area contributed by atoms with Crippen molar-refractivity contribution < 1.29 is 14.3 Å². The van der Waals surface area contributed by atoms with Gasteiger partial charge >= 0.3 is 0 Å². The molecule has 0 aromatic heterocycles. The van der Waals surface area contributed by atoms with Crippen LogP contribution < -0.4 is 10.6 Å². The summed E-state index contributed by atoms with van der Waals surface area (Å²) in [4.78, 5) is 19.3. The molecule has 1 saturated heterocycles. The summed E-state index contributed by atoms with van der Waals surface area (Å²) < 4.78 is 13.1. The number of aliphatic imine (C=N–C) groups is 1. The van der Waals surface area contributed by atoms with Crippen LogP contribution in [0.15, 0.2) is 29.3 Å². The number of aliphatic hydroxyl groups is 1. The molecule has 2 fully saturated rings. The minimum Gasteiger partial charge on any atom is -0.386 e. The van der Waals surface area contributed by atoms with Crippen LogP contribution in [0.25, 0.3) is 0 Å². The van der Waals surface area contributed by atoms with Gasteiger partial charge in [-0.05, 0) is 50.3 Å². The van der Waals surface area contributed by atoms with E-state index in [0.717, 1.165) is 56.8 Å². The first-order valence-corrected chi connectivity index (χ1v) is 12.1. The van der Waals surface area contributed by atoms with E-state index < -0.39 is 6.10 Å². The van der Waals surface area contributed by atoms with E-state index in [4.69, 9.17) is 0 Å². The third kappa shape index (κ3) is 8.09. The SMILES string of the molecule is CCNC(=NCC(O)c1ccc(F)cc1)NC1CCC(C(=O)N2CCSCC2)CC1.I. The number of guanidine groups is 1. The maximum Gasteiger partial charge on any atom is 0.225 e. The standard InChI is InChI=1S/C22H33FN4O2S.HI/c1-2-24-22(25-15-20(28)16-3-7-18(23)8-4-16)26-19-9-5-17(6-10-19)21(29)27-11-13-30-14-12-27;/h3-4,7-8,17,19-20,28H,2,5-6,9-15H2,1H3,(H2,24,25,26);1H. The van der Waals surface area contributed by atoms with E-state index in [2.05, 4.69) is 15.6 Å². The van der Waals surface area contributed by atoms with Gasteiger partial charge in [-0.3, -0.25) is 9.79 Å². The molecule has 0 bridgehead atoms. The largest absolute Gasteiger partial charge is 0.386 e. The molecule has 3 rings (SSSR count). The lowest BCUT2D eigenvalue weighted by molar-refractivity contribution is -0.136. The van der Waals surface area contributed by atoms with Gasteiger partial charge in [-0.15, -0.1) is 24.0 Å². The van der Waals surface area contributed by atoms with E-state index in [-0.39, 0.29) is 48.3 Å². The predicted molar refractivity (Wildman–Crippen MR) is 136 cm³/mol. The highest BCUT2D eigenvalue weighted by atomic mass is 127. The highest BCUT2D eigenvalue weighted by molar-refractivity contribution is 14.0. The topological polar surface area (TPSA) is 77.0 Å². The molecule has 9 heteroatoms. The van der Waals surface area contributed by atoms with Crippen LogP contribution in [0.4, 0.5) is 4.39 Å². The van der Waals surface area contributed by atoms with Crippen molar-refractivity contribution in [3.63, 3.8) is 0 Å². The molecule has 1 aromatic carbocycles. The van der Waals surface area contributed by atoms with E-state index in [9.17, 15) is 14.3 Å². The number of nitrogens with zero attached hydrogens (tertiary/aromatic N) is 2. The van der Waals surface area contributed by atoms with Crippen LogP contribution in [0.3, 0.4) is 0 Å². The summed E-state index contributed by atoms with van der Waals surface area (Å²) in [5.41, 5.74) is 0.645. The molecule has 174 valence electrons. The molecule has 6 nitrogen and oxygen atoms in total. The molecule has 3 N–H and O–H groups in total. The van der Waals surface area contributed by atoms with Crippen LogP contribution in [0, 0.1) is 11.7 Å². The number of carbonyl (C=O) groups is 1. The zero-order valence-electron chi connectivity index (χ0n) is 18.1. The van der Waals surface area contributed by atoms with Gasteiger partial charge in [-0.25, -0.2) is 4.39 Å². The molecule has 1 aliphatic carbocycles. The van der Waals surface area contributed by atoms with Gasteiger partial charge in [0, 0.05) is 43.1 Å². The molecular weight excluding hydrogens is 530 g/mol. The summed E-state index contributed by atoms with van der Waals surface area (Å²) in [6.07, 6.45) is 2.89. The first-order valence-electron chi connectivity index (χ1n) is 10.9. The zero-order valence-corrected chi connectivity index (χ0v) is 21.2. The number of rotatable bonds is 6. The fourth-order valence-electron chi connectivity index (χ4n) is 4.01. The number of halogens is 2. The highest BCUT2D eigenvalue weighted by Gasteiger charge is 2.30. The van der Waals surface area contributed by atoms with Crippen LogP contribution in [0.1, 0.15) is 44.3 Å². The summed E-state index contributed by atoms with van der Waals surface area (Å²) in [7, 11) is 0. The van der Waals surface area contributed by atoms with Crippen molar-refractivity contribution in [2.45, 2.75) is 44.8 Å². The van der Waals surface area contributed by atoms with Crippen molar-refractivity contribution in [1.29, 1.82) is 0 Å². The molecule has 1 atom stereocenters. The van der Waals surface area contributed by atoms with Gasteiger partial charge in [-0.1, -0.05) is 12.1 Å². The molecule has 1 amide bonds. The number of benzene rings is 1. The minimum atomic E-state index is -0.780. The van der Waals surface area contributed by atoms with Crippen LogP contribution in [-0.4, -0.2) is 65.6 Å². The normalized spacial score (nSPS) is 22.9. The first-order chi connectivity index (χ1) is 14.6. The third-order valence-corrected chi connectivity index (χ3v) is 6.70. The van der Waals surface area contributed by atoms with E-state index in [1.165, 1.54) is 12.1 Å². The van der Waals surface area contributed by atoms with Gasteiger partial charge < -0.3 is 20.6 Å². The number of carbonyl (C=O) groups excluding carboxylic acids is 1. The second-order valence-corrected chi connectivity index (χ2v) is 9.14. The van der Waals surface area contributed by atoms with Crippen molar-refractivity contribution in [3.05, 3.63) is 35.6 Å². The fourth-order valence-corrected chi connectivity index (χ4v) is 4.91. The maximum atomic E-state index is 13.1. The molecule has 0 radical (unpaired) electrons. The van der Waals surface area contributed by atoms with Crippen LogP contribution in [0.2, 0.25) is 0 Å². The molecule has 1 heterocycles.